The molecule has 2 N–H and O–H groups in total. The van der Waals surface area contributed by atoms with Crippen molar-refractivity contribution in [2.45, 2.75) is 31.8 Å². The minimum Gasteiger partial charge on any atom is -0.450 e. The summed E-state index contributed by atoms with van der Waals surface area (Å²) in [7, 11) is 0. The predicted octanol–water partition coefficient (Wildman–Crippen LogP) is 3.16. The molecule has 0 radical (unpaired) electrons. The van der Waals surface area contributed by atoms with E-state index < -0.39 is 0 Å². The zero-order valence-electron chi connectivity index (χ0n) is 16.1. The van der Waals surface area contributed by atoms with Gasteiger partial charge in [0.05, 0.1) is 19.2 Å². The first-order chi connectivity index (χ1) is 13.7. The maximum atomic E-state index is 12.5. The maximum Gasteiger partial charge on any atom is 0.409 e. The number of benzene rings is 1. The molecule has 1 aliphatic rings. The van der Waals surface area contributed by atoms with Crippen LogP contribution in [0.2, 0.25) is 0 Å². The molecule has 0 aliphatic carbocycles. The topological polar surface area (TPSA) is 70.7 Å². The number of carbonyl (C=O) groups excluding carboxylic acids is 2. The standard InChI is InChI=1S/C21H27N3O3S/c1-2-27-21(26)24-12-10-17(11-13-24)23-19(25)15-22-20(18-9-6-14-28-18)16-7-4-3-5-8-16/h3-9,14,17,20,22H,2,10-13,15H2,1H3,(H,23,25)/t20-/m1/s1. The van der Waals surface area contributed by atoms with Gasteiger partial charge >= 0.3 is 6.09 Å². The monoisotopic (exact) mass is 401 g/mol. The Labute approximate surface area is 169 Å². The fourth-order valence-corrected chi connectivity index (χ4v) is 4.21. The van der Waals surface area contributed by atoms with Crippen molar-refractivity contribution < 1.29 is 14.3 Å². The normalized spacial score (nSPS) is 15.8. The van der Waals surface area contributed by atoms with Crippen molar-refractivity contribution in [3.63, 3.8) is 0 Å². The predicted molar refractivity (Wildman–Crippen MR) is 110 cm³/mol. The minimum atomic E-state index is -0.268. The molecule has 6 nitrogen and oxygen atoms in total. The van der Waals surface area contributed by atoms with Gasteiger partial charge in [0.25, 0.3) is 0 Å². The number of nitrogens with zero attached hydrogens (tertiary/aromatic N) is 1. The second-order valence-corrected chi connectivity index (χ2v) is 7.75. The Kier molecular flexibility index (Phi) is 7.45. The van der Waals surface area contributed by atoms with Crippen LogP contribution in [0.1, 0.15) is 36.2 Å². The summed E-state index contributed by atoms with van der Waals surface area (Å²) < 4.78 is 5.03. The Bertz CT molecular complexity index is 744. The second kappa shape index (κ2) is 10.2. The first kappa shape index (κ1) is 20.4. The van der Waals surface area contributed by atoms with Crippen LogP contribution in [0.4, 0.5) is 4.79 Å². The summed E-state index contributed by atoms with van der Waals surface area (Å²) in [6, 6.07) is 14.3. The van der Waals surface area contributed by atoms with E-state index in [4.69, 9.17) is 4.74 Å². The van der Waals surface area contributed by atoms with Gasteiger partial charge in [0, 0.05) is 24.0 Å². The quantitative estimate of drug-likeness (QED) is 0.748. The Morgan fingerprint density at radius 2 is 1.93 bits per heavy atom. The van der Waals surface area contributed by atoms with E-state index in [9.17, 15) is 9.59 Å². The zero-order valence-corrected chi connectivity index (χ0v) is 16.9. The molecule has 1 aromatic carbocycles. The third kappa shape index (κ3) is 5.56. The molecule has 1 saturated heterocycles. The first-order valence-electron chi connectivity index (χ1n) is 9.70. The molecule has 1 atom stereocenters. The highest BCUT2D eigenvalue weighted by atomic mass is 32.1. The summed E-state index contributed by atoms with van der Waals surface area (Å²) in [5.41, 5.74) is 1.14. The summed E-state index contributed by atoms with van der Waals surface area (Å²) in [5.74, 6) is -0.0212. The van der Waals surface area contributed by atoms with E-state index in [2.05, 4.69) is 28.8 Å². The fourth-order valence-electron chi connectivity index (χ4n) is 3.38. The number of hydrogen-bond donors (Lipinski definition) is 2. The molecule has 1 aromatic heterocycles. The Hall–Kier alpha value is -2.38. The van der Waals surface area contributed by atoms with Gasteiger partial charge in [0.1, 0.15) is 0 Å². The molecule has 0 bridgehead atoms. The summed E-state index contributed by atoms with van der Waals surface area (Å²) in [6.07, 6.45) is 1.23. The van der Waals surface area contributed by atoms with E-state index in [0.29, 0.717) is 19.7 Å². The third-order valence-electron chi connectivity index (χ3n) is 4.81. The molecule has 3 rings (SSSR count). The van der Waals surface area contributed by atoms with E-state index in [-0.39, 0.29) is 30.6 Å². The fraction of sp³-hybridized carbons (Fsp3) is 0.429. The average molecular weight is 402 g/mol. The third-order valence-corrected chi connectivity index (χ3v) is 5.75. The van der Waals surface area contributed by atoms with Crippen molar-refractivity contribution in [1.29, 1.82) is 0 Å². The number of amides is 2. The molecule has 1 fully saturated rings. The Balaban J connectivity index is 1.49. The van der Waals surface area contributed by atoms with E-state index >= 15 is 0 Å². The van der Waals surface area contributed by atoms with Crippen LogP contribution >= 0.6 is 11.3 Å². The molecule has 7 heteroatoms. The molecule has 2 amide bonds. The number of likely N-dealkylation sites (tertiary alicyclic amines) is 1. The highest BCUT2D eigenvalue weighted by Gasteiger charge is 2.25. The molecule has 28 heavy (non-hydrogen) atoms. The van der Waals surface area contributed by atoms with Gasteiger partial charge < -0.3 is 15.0 Å². The van der Waals surface area contributed by atoms with Crippen LogP contribution in [0.15, 0.2) is 47.8 Å². The van der Waals surface area contributed by atoms with Crippen LogP contribution < -0.4 is 10.6 Å². The van der Waals surface area contributed by atoms with Gasteiger partial charge in [-0.2, -0.15) is 0 Å². The Morgan fingerprint density at radius 3 is 2.57 bits per heavy atom. The summed E-state index contributed by atoms with van der Waals surface area (Å²) in [5, 5.41) is 8.52. The van der Waals surface area contributed by atoms with Gasteiger partial charge in [-0.1, -0.05) is 36.4 Å². The van der Waals surface area contributed by atoms with Crippen molar-refractivity contribution >= 4 is 23.3 Å². The van der Waals surface area contributed by atoms with Crippen LogP contribution in [-0.2, 0) is 9.53 Å². The second-order valence-electron chi connectivity index (χ2n) is 6.77. The molecule has 0 spiro atoms. The highest BCUT2D eigenvalue weighted by Crippen LogP contribution is 2.25. The lowest BCUT2D eigenvalue weighted by Gasteiger charge is -2.31. The highest BCUT2D eigenvalue weighted by molar-refractivity contribution is 7.10. The van der Waals surface area contributed by atoms with Crippen molar-refractivity contribution in [2.75, 3.05) is 26.2 Å². The summed E-state index contributed by atoms with van der Waals surface area (Å²) in [4.78, 5) is 27.1. The van der Waals surface area contributed by atoms with Gasteiger partial charge in [-0.3, -0.25) is 10.1 Å². The molecule has 2 heterocycles. The van der Waals surface area contributed by atoms with Gasteiger partial charge in [-0.05, 0) is 36.8 Å². The van der Waals surface area contributed by atoms with E-state index in [1.165, 1.54) is 4.88 Å². The van der Waals surface area contributed by atoms with Crippen LogP contribution in [0, 0.1) is 0 Å². The van der Waals surface area contributed by atoms with Gasteiger partial charge in [0.15, 0.2) is 0 Å². The minimum absolute atomic E-state index is 0.00221. The lowest BCUT2D eigenvalue weighted by molar-refractivity contribution is -0.121. The molecule has 2 aromatic rings. The molecular weight excluding hydrogens is 374 g/mol. The molecular formula is C21H27N3O3S. The van der Waals surface area contributed by atoms with Crippen LogP contribution in [-0.4, -0.2) is 49.2 Å². The summed E-state index contributed by atoms with van der Waals surface area (Å²) >= 11 is 1.68. The number of hydrogen-bond acceptors (Lipinski definition) is 5. The summed E-state index contributed by atoms with van der Waals surface area (Å²) in [6.45, 7) is 3.65. The number of carbonyl (C=O) groups is 2. The smallest absolute Gasteiger partial charge is 0.409 e. The van der Waals surface area contributed by atoms with Crippen LogP contribution in [0.5, 0.6) is 0 Å². The number of rotatable bonds is 7. The number of thiophene rings is 1. The van der Waals surface area contributed by atoms with Gasteiger partial charge in [-0.25, -0.2) is 4.79 Å². The zero-order chi connectivity index (χ0) is 19.8. The van der Waals surface area contributed by atoms with E-state index in [0.717, 1.165) is 18.4 Å². The lowest BCUT2D eigenvalue weighted by Crippen LogP contribution is -2.48. The van der Waals surface area contributed by atoms with Crippen LogP contribution in [0.3, 0.4) is 0 Å². The number of piperidine rings is 1. The van der Waals surface area contributed by atoms with Crippen LogP contribution in [0.25, 0.3) is 0 Å². The number of nitrogens with one attached hydrogen (secondary N) is 2. The van der Waals surface area contributed by atoms with Crippen molar-refractivity contribution in [3.8, 4) is 0 Å². The molecule has 150 valence electrons. The first-order valence-corrected chi connectivity index (χ1v) is 10.6. The molecule has 1 aliphatic heterocycles. The largest absolute Gasteiger partial charge is 0.450 e. The SMILES string of the molecule is CCOC(=O)N1CCC(NC(=O)CN[C@H](c2ccccc2)c2cccs2)CC1. The van der Waals surface area contributed by atoms with E-state index in [1.807, 2.05) is 29.6 Å². The van der Waals surface area contributed by atoms with Gasteiger partial charge in [0.2, 0.25) is 5.91 Å². The van der Waals surface area contributed by atoms with Gasteiger partial charge in [-0.15, -0.1) is 11.3 Å². The van der Waals surface area contributed by atoms with Crippen molar-refractivity contribution in [3.05, 3.63) is 58.3 Å². The Morgan fingerprint density at radius 1 is 1.18 bits per heavy atom. The molecule has 0 unspecified atom stereocenters. The molecule has 0 saturated carbocycles. The van der Waals surface area contributed by atoms with Crippen molar-refractivity contribution in [1.82, 2.24) is 15.5 Å². The van der Waals surface area contributed by atoms with E-state index in [1.54, 1.807) is 23.2 Å². The average Bonchev–Trinajstić information content (AvgIpc) is 3.24. The lowest BCUT2D eigenvalue weighted by atomic mass is 10.0. The van der Waals surface area contributed by atoms with Crippen molar-refractivity contribution in [2.24, 2.45) is 0 Å². The maximum absolute atomic E-state index is 12.5. The number of ether oxygens (including phenoxy) is 1.